The molecule has 4 unspecified atom stereocenters. The van der Waals surface area contributed by atoms with Crippen LogP contribution >= 0.6 is 12.4 Å². The molecule has 3 aliphatic rings. The molecule has 7 heteroatoms. The van der Waals surface area contributed by atoms with E-state index in [2.05, 4.69) is 5.32 Å². The lowest BCUT2D eigenvalue weighted by atomic mass is 9.84. The number of benzene rings is 1. The van der Waals surface area contributed by atoms with Gasteiger partial charge < -0.3 is 20.7 Å². The van der Waals surface area contributed by atoms with Gasteiger partial charge in [-0.25, -0.2) is 0 Å². The lowest BCUT2D eigenvalue weighted by Crippen LogP contribution is -2.42. The highest BCUT2D eigenvalue weighted by molar-refractivity contribution is 5.93. The number of carbonyl (C=O) groups excluding carboxylic acids is 2. The van der Waals surface area contributed by atoms with Crippen LogP contribution in [0.4, 0.5) is 5.69 Å². The molecule has 6 nitrogen and oxygen atoms in total. The summed E-state index contributed by atoms with van der Waals surface area (Å²) in [6, 6.07) is 7.57. The molecule has 1 aromatic carbocycles. The largest absolute Gasteiger partial charge is 0.378 e. The van der Waals surface area contributed by atoms with E-state index in [1.54, 1.807) is 0 Å². The molecule has 1 saturated heterocycles. The van der Waals surface area contributed by atoms with Crippen LogP contribution in [0.2, 0.25) is 0 Å². The number of hydrogen-bond acceptors (Lipinski definition) is 4. The van der Waals surface area contributed by atoms with Crippen molar-refractivity contribution in [1.29, 1.82) is 0 Å². The number of ether oxygens (including phenoxy) is 1. The third-order valence-corrected chi connectivity index (χ3v) is 6.22. The van der Waals surface area contributed by atoms with Crippen LogP contribution in [0.25, 0.3) is 0 Å². The fourth-order valence-corrected chi connectivity index (χ4v) is 4.76. The lowest BCUT2D eigenvalue weighted by molar-refractivity contribution is -0.134. The quantitative estimate of drug-likeness (QED) is 0.817. The van der Waals surface area contributed by atoms with Crippen LogP contribution in [0.15, 0.2) is 24.3 Å². The molecular weight excluding hydrogens is 366 g/mol. The number of carbonyl (C=O) groups is 2. The van der Waals surface area contributed by atoms with Crippen LogP contribution in [0.5, 0.6) is 0 Å². The zero-order chi connectivity index (χ0) is 18.1. The first-order valence-corrected chi connectivity index (χ1v) is 9.63. The highest BCUT2D eigenvalue weighted by Crippen LogP contribution is 2.47. The molecule has 2 aliphatic carbocycles. The Hall–Kier alpha value is -1.63. The Morgan fingerprint density at radius 3 is 2.41 bits per heavy atom. The second kappa shape index (κ2) is 8.59. The number of morpholine rings is 1. The summed E-state index contributed by atoms with van der Waals surface area (Å²) >= 11 is 0. The van der Waals surface area contributed by atoms with Gasteiger partial charge >= 0.3 is 0 Å². The van der Waals surface area contributed by atoms with Crippen LogP contribution in [-0.2, 0) is 20.7 Å². The van der Waals surface area contributed by atoms with Crippen molar-refractivity contribution in [1.82, 2.24) is 4.90 Å². The molecule has 1 aromatic rings. The van der Waals surface area contributed by atoms with Gasteiger partial charge in [0.15, 0.2) is 0 Å². The molecule has 1 heterocycles. The normalized spacial score (nSPS) is 29.3. The highest BCUT2D eigenvalue weighted by Gasteiger charge is 2.49. The molecule has 3 N–H and O–H groups in total. The molecule has 4 atom stereocenters. The summed E-state index contributed by atoms with van der Waals surface area (Å²) in [5.41, 5.74) is 7.98. The Bertz CT molecular complexity index is 674. The third-order valence-electron chi connectivity index (χ3n) is 6.22. The summed E-state index contributed by atoms with van der Waals surface area (Å²) in [5.74, 6) is 1.07. The monoisotopic (exact) mass is 393 g/mol. The predicted molar refractivity (Wildman–Crippen MR) is 106 cm³/mol. The first kappa shape index (κ1) is 20.1. The van der Waals surface area contributed by atoms with Crippen molar-refractivity contribution in [2.24, 2.45) is 23.5 Å². The Morgan fingerprint density at radius 1 is 1.11 bits per heavy atom. The van der Waals surface area contributed by atoms with E-state index >= 15 is 0 Å². The smallest absolute Gasteiger partial charge is 0.229 e. The predicted octanol–water partition coefficient (Wildman–Crippen LogP) is 1.82. The van der Waals surface area contributed by atoms with Crippen molar-refractivity contribution in [2.75, 3.05) is 31.6 Å². The molecule has 0 radical (unpaired) electrons. The minimum absolute atomic E-state index is 0. The van der Waals surface area contributed by atoms with Crippen molar-refractivity contribution < 1.29 is 14.3 Å². The van der Waals surface area contributed by atoms with E-state index in [1.165, 1.54) is 6.42 Å². The van der Waals surface area contributed by atoms with Crippen molar-refractivity contribution in [2.45, 2.75) is 31.7 Å². The van der Waals surface area contributed by atoms with E-state index < -0.39 is 0 Å². The summed E-state index contributed by atoms with van der Waals surface area (Å²) < 4.78 is 5.28. The molecule has 1 aliphatic heterocycles. The molecule has 27 heavy (non-hydrogen) atoms. The van der Waals surface area contributed by atoms with Gasteiger partial charge in [-0.1, -0.05) is 12.1 Å². The third kappa shape index (κ3) is 4.28. The average Bonchev–Trinajstić information content (AvgIpc) is 3.25. The molecule has 0 aromatic heterocycles. The topological polar surface area (TPSA) is 84.7 Å². The van der Waals surface area contributed by atoms with Gasteiger partial charge in [-0.2, -0.15) is 0 Å². The van der Waals surface area contributed by atoms with Crippen LogP contribution in [-0.4, -0.2) is 49.1 Å². The summed E-state index contributed by atoms with van der Waals surface area (Å²) in [6.07, 6.45) is 3.77. The van der Waals surface area contributed by atoms with Gasteiger partial charge in [0.05, 0.1) is 25.6 Å². The van der Waals surface area contributed by atoms with Crippen LogP contribution in [0.1, 0.15) is 24.8 Å². The van der Waals surface area contributed by atoms with Crippen molar-refractivity contribution >= 4 is 29.9 Å². The molecule has 2 saturated carbocycles. The Kier molecular flexibility index (Phi) is 6.40. The van der Waals surface area contributed by atoms with Crippen molar-refractivity contribution in [3.05, 3.63) is 29.8 Å². The minimum atomic E-state index is -0.0590. The zero-order valence-corrected chi connectivity index (χ0v) is 16.2. The second-order valence-corrected chi connectivity index (χ2v) is 7.79. The van der Waals surface area contributed by atoms with E-state index in [9.17, 15) is 9.59 Å². The number of halogens is 1. The number of nitrogens with one attached hydrogen (secondary N) is 1. The molecule has 3 fully saturated rings. The van der Waals surface area contributed by atoms with E-state index in [0.29, 0.717) is 44.6 Å². The van der Waals surface area contributed by atoms with E-state index in [0.717, 1.165) is 24.1 Å². The van der Waals surface area contributed by atoms with Gasteiger partial charge in [0.25, 0.3) is 0 Å². The SMILES string of the molecule is Cl.NC1C2CCC(C2)C1C(=O)Nc1ccc(CC(=O)N2CCOCC2)cc1. The number of amides is 2. The Balaban J connectivity index is 0.00000210. The molecule has 148 valence electrons. The fourth-order valence-electron chi connectivity index (χ4n) is 4.76. The maximum Gasteiger partial charge on any atom is 0.229 e. The van der Waals surface area contributed by atoms with Gasteiger partial charge in [-0.05, 0) is 48.8 Å². The van der Waals surface area contributed by atoms with Gasteiger partial charge in [0, 0.05) is 24.8 Å². The zero-order valence-electron chi connectivity index (χ0n) is 15.4. The number of hydrogen-bond donors (Lipinski definition) is 2. The summed E-state index contributed by atoms with van der Waals surface area (Å²) in [6.45, 7) is 2.55. The Morgan fingerprint density at radius 2 is 1.78 bits per heavy atom. The Labute approximate surface area is 166 Å². The van der Waals surface area contributed by atoms with Gasteiger partial charge in [-0.3, -0.25) is 9.59 Å². The number of nitrogens with two attached hydrogens (primary N) is 1. The van der Waals surface area contributed by atoms with Crippen LogP contribution in [0.3, 0.4) is 0 Å². The number of anilines is 1. The van der Waals surface area contributed by atoms with Crippen molar-refractivity contribution in [3.63, 3.8) is 0 Å². The summed E-state index contributed by atoms with van der Waals surface area (Å²) in [5, 5.41) is 3.01. The van der Waals surface area contributed by atoms with E-state index in [1.807, 2.05) is 29.2 Å². The highest BCUT2D eigenvalue weighted by atomic mass is 35.5. The van der Waals surface area contributed by atoms with Crippen LogP contribution < -0.4 is 11.1 Å². The number of rotatable bonds is 4. The molecule has 2 amide bonds. The number of fused-ring (bicyclic) bond motifs is 2. The van der Waals surface area contributed by atoms with Crippen molar-refractivity contribution in [3.8, 4) is 0 Å². The van der Waals surface area contributed by atoms with E-state index in [-0.39, 0.29) is 36.2 Å². The van der Waals surface area contributed by atoms with E-state index in [4.69, 9.17) is 10.5 Å². The lowest BCUT2D eigenvalue weighted by Gasteiger charge is -2.27. The molecule has 2 bridgehead atoms. The first-order chi connectivity index (χ1) is 12.6. The number of nitrogens with zero attached hydrogens (tertiary/aromatic N) is 1. The molecule has 0 spiro atoms. The maximum absolute atomic E-state index is 12.6. The standard InChI is InChI=1S/C20H27N3O3.ClH/c21-19-15-4-3-14(12-15)18(19)20(25)22-16-5-1-13(2-6-16)11-17(24)23-7-9-26-10-8-23;/h1-2,5-6,14-15,18-19H,3-4,7-12,21H2,(H,22,25);1H. The second-order valence-electron chi connectivity index (χ2n) is 7.79. The van der Waals surface area contributed by atoms with Gasteiger partial charge in [0.2, 0.25) is 11.8 Å². The van der Waals surface area contributed by atoms with Gasteiger partial charge in [0.1, 0.15) is 0 Å². The average molecular weight is 394 g/mol. The molecule has 4 rings (SSSR count). The fraction of sp³-hybridized carbons (Fsp3) is 0.600. The molecular formula is C20H28ClN3O3. The first-order valence-electron chi connectivity index (χ1n) is 9.63. The summed E-state index contributed by atoms with van der Waals surface area (Å²) in [4.78, 5) is 26.8. The minimum Gasteiger partial charge on any atom is -0.378 e. The van der Waals surface area contributed by atoms with Gasteiger partial charge in [-0.15, -0.1) is 12.4 Å². The summed E-state index contributed by atoms with van der Waals surface area (Å²) in [7, 11) is 0. The van der Waals surface area contributed by atoms with Crippen LogP contribution in [0, 0.1) is 17.8 Å². The maximum atomic E-state index is 12.6.